The molecule has 1 aromatic carbocycles. The first kappa shape index (κ1) is 14.7. The highest BCUT2D eigenvalue weighted by Crippen LogP contribution is 2.31. The molecule has 1 atom stereocenters. The summed E-state index contributed by atoms with van der Waals surface area (Å²) < 4.78 is 6.08. The zero-order valence-corrected chi connectivity index (χ0v) is 13.2. The monoisotopic (exact) mass is 288 g/mol. The Morgan fingerprint density at radius 3 is 2.71 bits per heavy atom. The summed E-state index contributed by atoms with van der Waals surface area (Å²) in [6.45, 7) is 6.61. The minimum atomic E-state index is 0.647. The molecule has 3 rings (SSSR count). The molecule has 0 saturated carbocycles. The molecule has 1 saturated heterocycles. The van der Waals surface area contributed by atoms with Gasteiger partial charge >= 0.3 is 0 Å². The van der Waals surface area contributed by atoms with E-state index in [0.29, 0.717) is 5.92 Å². The quantitative estimate of drug-likeness (QED) is 0.864. The predicted octanol–water partition coefficient (Wildman–Crippen LogP) is 3.26. The Hall–Kier alpha value is -1.22. The van der Waals surface area contributed by atoms with Gasteiger partial charge in [-0.2, -0.15) is 0 Å². The molecule has 1 aromatic rings. The number of benzene rings is 1. The van der Waals surface area contributed by atoms with Crippen molar-refractivity contribution in [3.63, 3.8) is 0 Å². The lowest BCUT2D eigenvalue weighted by atomic mass is 9.91. The first-order chi connectivity index (χ1) is 10.3. The van der Waals surface area contributed by atoms with Gasteiger partial charge in [0.25, 0.3) is 0 Å². The van der Waals surface area contributed by atoms with Crippen LogP contribution in [-0.4, -0.2) is 31.1 Å². The number of hydrogen-bond acceptors (Lipinski definition) is 3. The summed E-state index contributed by atoms with van der Waals surface area (Å²) in [6, 6.07) is 4.34. The van der Waals surface area contributed by atoms with Crippen molar-refractivity contribution in [1.82, 2.24) is 4.90 Å². The van der Waals surface area contributed by atoms with E-state index in [1.807, 2.05) is 0 Å². The number of nitrogens with two attached hydrogens (primary N) is 1. The summed E-state index contributed by atoms with van der Waals surface area (Å²) in [5.41, 5.74) is 9.88. The van der Waals surface area contributed by atoms with Crippen LogP contribution in [0.5, 0.6) is 5.75 Å². The van der Waals surface area contributed by atoms with E-state index in [-0.39, 0.29) is 0 Å². The molecule has 1 unspecified atom stereocenters. The SMILES string of the molecule is CCN1CCCC(COc2cc3c(cc2N)CCCC3)C1. The Labute approximate surface area is 128 Å². The zero-order valence-electron chi connectivity index (χ0n) is 13.2. The van der Waals surface area contributed by atoms with Crippen molar-refractivity contribution in [3.05, 3.63) is 23.3 Å². The molecule has 0 aromatic heterocycles. The molecule has 1 aliphatic carbocycles. The number of nitrogen functional groups attached to an aromatic ring is 1. The second-order valence-corrected chi connectivity index (χ2v) is 6.58. The molecule has 116 valence electrons. The molecule has 0 bridgehead atoms. The van der Waals surface area contributed by atoms with Gasteiger partial charge in [-0.25, -0.2) is 0 Å². The maximum absolute atomic E-state index is 6.18. The Kier molecular flexibility index (Phi) is 4.69. The number of nitrogens with zero attached hydrogens (tertiary/aromatic N) is 1. The third-order valence-electron chi connectivity index (χ3n) is 5.00. The Morgan fingerprint density at radius 1 is 1.19 bits per heavy atom. The van der Waals surface area contributed by atoms with Crippen LogP contribution in [-0.2, 0) is 12.8 Å². The van der Waals surface area contributed by atoms with Crippen LogP contribution in [0.1, 0.15) is 43.7 Å². The van der Waals surface area contributed by atoms with Gasteiger partial charge in [0, 0.05) is 12.5 Å². The molecule has 0 radical (unpaired) electrons. The smallest absolute Gasteiger partial charge is 0.142 e. The Morgan fingerprint density at radius 2 is 1.95 bits per heavy atom. The minimum Gasteiger partial charge on any atom is -0.491 e. The fourth-order valence-corrected chi connectivity index (χ4v) is 3.69. The largest absolute Gasteiger partial charge is 0.491 e. The lowest BCUT2D eigenvalue weighted by molar-refractivity contribution is 0.135. The molecule has 1 fully saturated rings. The van der Waals surface area contributed by atoms with Crippen molar-refractivity contribution in [1.29, 1.82) is 0 Å². The first-order valence-corrected chi connectivity index (χ1v) is 8.52. The van der Waals surface area contributed by atoms with Crippen LogP contribution in [0, 0.1) is 5.92 Å². The fourth-order valence-electron chi connectivity index (χ4n) is 3.69. The Bertz CT molecular complexity index is 486. The number of rotatable bonds is 4. The minimum absolute atomic E-state index is 0.647. The molecule has 21 heavy (non-hydrogen) atoms. The normalized spacial score (nSPS) is 22.8. The molecular weight excluding hydrogens is 260 g/mol. The molecule has 0 spiro atoms. The maximum atomic E-state index is 6.18. The molecule has 3 nitrogen and oxygen atoms in total. The van der Waals surface area contributed by atoms with Crippen LogP contribution < -0.4 is 10.5 Å². The first-order valence-electron chi connectivity index (χ1n) is 8.52. The van der Waals surface area contributed by atoms with E-state index in [4.69, 9.17) is 10.5 Å². The van der Waals surface area contributed by atoms with Gasteiger partial charge in [-0.15, -0.1) is 0 Å². The number of hydrogen-bond donors (Lipinski definition) is 1. The molecule has 3 heteroatoms. The summed E-state index contributed by atoms with van der Waals surface area (Å²) in [5.74, 6) is 1.55. The van der Waals surface area contributed by atoms with E-state index in [1.165, 1.54) is 62.7 Å². The number of anilines is 1. The number of ether oxygens (including phenoxy) is 1. The lowest BCUT2D eigenvalue weighted by Crippen LogP contribution is -2.37. The summed E-state index contributed by atoms with van der Waals surface area (Å²) in [5, 5.41) is 0. The number of piperidine rings is 1. The average molecular weight is 288 g/mol. The van der Waals surface area contributed by atoms with Crippen LogP contribution in [0.15, 0.2) is 12.1 Å². The number of fused-ring (bicyclic) bond motifs is 1. The lowest BCUT2D eigenvalue weighted by Gasteiger charge is -2.31. The van der Waals surface area contributed by atoms with Crippen molar-refractivity contribution in [2.75, 3.05) is 32.0 Å². The summed E-state index contributed by atoms with van der Waals surface area (Å²) in [7, 11) is 0. The molecular formula is C18H28N2O. The fraction of sp³-hybridized carbons (Fsp3) is 0.667. The van der Waals surface area contributed by atoms with E-state index < -0.39 is 0 Å². The van der Waals surface area contributed by atoms with Crippen LogP contribution in [0.2, 0.25) is 0 Å². The van der Waals surface area contributed by atoms with Crippen molar-refractivity contribution in [2.24, 2.45) is 5.92 Å². The zero-order chi connectivity index (χ0) is 14.7. The number of likely N-dealkylation sites (tertiary alicyclic amines) is 1. The second-order valence-electron chi connectivity index (χ2n) is 6.58. The molecule has 0 amide bonds. The van der Waals surface area contributed by atoms with E-state index in [1.54, 1.807) is 0 Å². The summed E-state index contributed by atoms with van der Waals surface area (Å²) in [6.07, 6.45) is 7.52. The van der Waals surface area contributed by atoms with Crippen LogP contribution in [0.3, 0.4) is 0 Å². The second kappa shape index (κ2) is 6.69. The van der Waals surface area contributed by atoms with Crippen LogP contribution in [0.4, 0.5) is 5.69 Å². The van der Waals surface area contributed by atoms with Gasteiger partial charge in [0.1, 0.15) is 5.75 Å². The van der Waals surface area contributed by atoms with E-state index >= 15 is 0 Å². The third kappa shape index (κ3) is 3.52. The van der Waals surface area contributed by atoms with E-state index in [9.17, 15) is 0 Å². The highest BCUT2D eigenvalue weighted by Gasteiger charge is 2.20. The van der Waals surface area contributed by atoms with Crippen molar-refractivity contribution in [3.8, 4) is 5.75 Å². The van der Waals surface area contributed by atoms with Crippen molar-refractivity contribution < 1.29 is 4.74 Å². The van der Waals surface area contributed by atoms with Gasteiger partial charge < -0.3 is 15.4 Å². The third-order valence-corrected chi connectivity index (χ3v) is 5.00. The van der Waals surface area contributed by atoms with E-state index in [0.717, 1.165) is 24.6 Å². The maximum Gasteiger partial charge on any atom is 0.142 e. The topological polar surface area (TPSA) is 38.5 Å². The predicted molar refractivity (Wildman–Crippen MR) is 87.8 cm³/mol. The molecule has 2 aliphatic rings. The van der Waals surface area contributed by atoms with Gasteiger partial charge in [0.2, 0.25) is 0 Å². The van der Waals surface area contributed by atoms with Crippen LogP contribution in [0.25, 0.3) is 0 Å². The molecule has 1 heterocycles. The van der Waals surface area contributed by atoms with Crippen molar-refractivity contribution in [2.45, 2.75) is 45.4 Å². The van der Waals surface area contributed by atoms with Gasteiger partial charge in [-0.1, -0.05) is 6.92 Å². The Balaban J connectivity index is 1.62. The molecule has 1 aliphatic heterocycles. The summed E-state index contributed by atoms with van der Waals surface area (Å²) >= 11 is 0. The van der Waals surface area contributed by atoms with Crippen molar-refractivity contribution >= 4 is 5.69 Å². The standard InChI is InChI=1S/C18H28N2O/c1-2-20-9-5-6-14(12-20)13-21-18-11-16-8-4-3-7-15(16)10-17(18)19/h10-11,14H,2-9,12-13,19H2,1H3. The van der Waals surface area contributed by atoms with Gasteiger partial charge in [-0.05, 0) is 74.9 Å². The van der Waals surface area contributed by atoms with Gasteiger partial charge in [0.15, 0.2) is 0 Å². The van der Waals surface area contributed by atoms with Gasteiger partial charge in [0.05, 0.1) is 12.3 Å². The molecule has 2 N–H and O–H groups in total. The highest BCUT2D eigenvalue weighted by atomic mass is 16.5. The average Bonchev–Trinajstić information content (AvgIpc) is 2.53. The summed E-state index contributed by atoms with van der Waals surface area (Å²) in [4.78, 5) is 2.52. The van der Waals surface area contributed by atoms with Gasteiger partial charge in [-0.3, -0.25) is 0 Å². The number of aryl methyl sites for hydroxylation is 2. The van der Waals surface area contributed by atoms with E-state index in [2.05, 4.69) is 24.0 Å². The highest BCUT2D eigenvalue weighted by molar-refractivity contribution is 5.57. The van der Waals surface area contributed by atoms with Crippen LogP contribution >= 0.6 is 0 Å².